The van der Waals surface area contributed by atoms with Crippen LogP contribution in [0, 0.1) is 0 Å². The number of nitrogens with zero attached hydrogens (tertiary/aromatic N) is 2. The molecular weight excluding hydrogens is 334 g/mol. The van der Waals surface area contributed by atoms with Gasteiger partial charge in [0.2, 0.25) is 0 Å². The predicted octanol–water partition coefficient (Wildman–Crippen LogP) is 3.92. The van der Waals surface area contributed by atoms with Gasteiger partial charge in [-0.2, -0.15) is 0 Å². The van der Waals surface area contributed by atoms with Crippen LogP contribution >= 0.6 is 11.6 Å². The Kier molecular flexibility index (Phi) is 5.31. The van der Waals surface area contributed by atoms with Gasteiger partial charge < -0.3 is 10.2 Å². The number of hydrogen-bond acceptors (Lipinski definition) is 3. The smallest absolute Gasteiger partial charge is 0.251 e. The number of fused-ring (bicyclic) bond motifs is 1. The van der Waals surface area contributed by atoms with Crippen LogP contribution in [0.15, 0.2) is 60.9 Å². The number of amides is 1. The maximum atomic E-state index is 12.8. The monoisotopic (exact) mass is 353 g/mol. The summed E-state index contributed by atoms with van der Waals surface area (Å²) in [7, 11) is 3.96. The van der Waals surface area contributed by atoms with Crippen molar-refractivity contribution in [2.24, 2.45) is 0 Å². The molecule has 1 atom stereocenters. The maximum absolute atomic E-state index is 12.8. The summed E-state index contributed by atoms with van der Waals surface area (Å²) in [6, 6.07) is 15.0. The fourth-order valence-electron chi connectivity index (χ4n) is 2.79. The van der Waals surface area contributed by atoms with Crippen molar-refractivity contribution in [3.8, 4) is 0 Å². The Balaban J connectivity index is 1.85. The topological polar surface area (TPSA) is 45.2 Å². The number of carbonyl (C=O) groups is 1. The molecule has 0 spiro atoms. The molecular formula is C20H20ClN3O. The molecule has 0 fully saturated rings. The molecule has 0 aliphatic rings. The number of rotatable bonds is 5. The molecule has 4 nitrogen and oxygen atoms in total. The summed E-state index contributed by atoms with van der Waals surface area (Å²) in [6.07, 6.45) is 3.52. The van der Waals surface area contributed by atoms with Crippen molar-refractivity contribution in [1.82, 2.24) is 15.2 Å². The van der Waals surface area contributed by atoms with Gasteiger partial charge in [0.1, 0.15) is 0 Å². The zero-order valence-electron chi connectivity index (χ0n) is 14.2. The third-order valence-electron chi connectivity index (χ3n) is 4.01. The molecule has 1 heterocycles. The third kappa shape index (κ3) is 4.35. The maximum Gasteiger partial charge on any atom is 0.251 e. The average molecular weight is 354 g/mol. The fraction of sp³-hybridized carbons (Fsp3) is 0.200. The highest BCUT2D eigenvalue weighted by Crippen LogP contribution is 2.20. The lowest BCUT2D eigenvalue weighted by Crippen LogP contribution is -2.35. The number of aromatic nitrogens is 1. The number of carbonyl (C=O) groups excluding carboxylic acids is 1. The number of hydrogen-bond donors (Lipinski definition) is 1. The van der Waals surface area contributed by atoms with Crippen molar-refractivity contribution in [3.05, 3.63) is 77.1 Å². The SMILES string of the molecule is CN(C)CC(NC(=O)c1ccc2cnccc2c1)c1cccc(Cl)c1. The Labute approximate surface area is 152 Å². The van der Waals surface area contributed by atoms with Gasteiger partial charge >= 0.3 is 0 Å². The number of benzene rings is 2. The van der Waals surface area contributed by atoms with Crippen molar-refractivity contribution < 1.29 is 4.79 Å². The first kappa shape index (κ1) is 17.4. The van der Waals surface area contributed by atoms with Crippen LogP contribution in [0.5, 0.6) is 0 Å². The molecule has 1 N–H and O–H groups in total. The average Bonchev–Trinajstić information content (AvgIpc) is 2.60. The lowest BCUT2D eigenvalue weighted by atomic mass is 10.0. The van der Waals surface area contributed by atoms with Crippen LogP contribution in [-0.2, 0) is 0 Å². The number of likely N-dealkylation sites (N-methyl/N-ethyl adjacent to an activating group) is 1. The Morgan fingerprint density at radius 1 is 1.16 bits per heavy atom. The molecule has 25 heavy (non-hydrogen) atoms. The molecule has 0 saturated carbocycles. The van der Waals surface area contributed by atoms with Gasteiger partial charge in [-0.15, -0.1) is 0 Å². The molecule has 128 valence electrons. The van der Waals surface area contributed by atoms with Crippen LogP contribution in [-0.4, -0.2) is 36.4 Å². The quantitative estimate of drug-likeness (QED) is 0.756. The Morgan fingerprint density at radius 2 is 2.00 bits per heavy atom. The molecule has 0 aliphatic carbocycles. The molecule has 0 aliphatic heterocycles. The standard InChI is InChI=1S/C20H20ClN3O/c1-24(2)13-19(15-4-3-5-18(21)11-15)23-20(25)16-6-7-17-12-22-9-8-14(17)10-16/h3-12,19H,13H2,1-2H3,(H,23,25). The Bertz CT molecular complexity index is 895. The second-order valence-corrected chi connectivity index (χ2v) is 6.72. The van der Waals surface area contributed by atoms with E-state index in [4.69, 9.17) is 11.6 Å². The molecule has 3 aromatic rings. The second-order valence-electron chi connectivity index (χ2n) is 6.28. The normalized spacial score (nSPS) is 12.3. The molecule has 0 radical (unpaired) electrons. The highest BCUT2D eigenvalue weighted by molar-refractivity contribution is 6.30. The van der Waals surface area contributed by atoms with Crippen LogP contribution < -0.4 is 5.32 Å². The first-order chi connectivity index (χ1) is 12.0. The van der Waals surface area contributed by atoms with E-state index in [2.05, 4.69) is 10.3 Å². The third-order valence-corrected chi connectivity index (χ3v) is 4.24. The molecule has 3 rings (SSSR count). The minimum atomic E-state index is -0.144. The van der Waals surface area contributed by atoms with Gasteiger partial charge in [-0.1, -0.05) is 29.8 Å². The summed E-state index contributed by atoms with van der Waals surface area (Å²) in [5, 5.41) is 5.79. The zero-order chi connectivity index (χ0) is 17.8. The van der Waals surface area contributed by atoms with E-state index in [1.165, 1.54) is 0 Å². The highest BCUT2D eigenvalue weighted by Gasteiger charge is 2.17. The van der Waals surface area contributed by atoms with Gasteiger partial charge in [0.05, 0.1) is 6.04 Å². The minimum Gasteiger partial charge on any atom is -0.344 e. The van der Waals surface area contributed by atoms with E-state index in [0.717, 1.165) is 16.3 Å². The Hall–Kier alpha value is -2.43. The summed E-state index contributed by atoms with van der Waals surface area (Å²) in [6.45, 7) is 0.684. The second kappa shape index (κ2) is 7.64. The zero-order valence-corrected chi connectivity index (χ0v) is 15.0. The predicted molar refractivity (Wildman–Crippen MR) is 102 cm³/mol. The van der Waals surface area contributed by atoms with Gasteiger partial charge in [-0.3, -0.25) is 9.78 Å². The number of halogens is 1. The van der Waals surface area contributed by atoms with E-state index in [9.17, 15) is 4.79 Å². The largest absolute Gasteiger partial charge is 0.344 e. The summed E-state index contributed by atoms with van der Waals surface area (Å²) in [5.41, 5.74) is 1.61. The first-order valence-corrected chi connectivity index (χ1v) is 8.45. The molecule has 1 unspecified atom stereocenters. The Morgan fingerprint density at radius 3 is 2.76 bits per heavy atom. The summed E-state index contributed by atoms with van der Waals surface area (Å²) < 4.78 is 0. The first-order valence-electron chi connectivity index (χ1n) is 8.08. The van der Waals surface area contributed by atoms with E-state index in [1.807, 2.05) is 67.5 Å². The van der Waals surface area contributed by atoms with Crippen LogP contribution in [0.2, 0.25) is 5.02 Å². The van der Waals surface area contributed by atoms with E-state index < -0.39 is 0 Å². The van der Waals surface area contributed by atoms with Gasteiger partial charge in [0, 0.05) is 34.9 Å². The highest BCUT2D eigenvalue weighted by atomic mass is 35.5. The van der Waals surface area contributed by atoms with Crippen LogP contribution in [0.3, 0.4) is 0 Å². The number of nitrogens with one attached hydrogen (secondary N) is 1. The molecule has 0 saturated heterocycles. The van der Waals surface area contributed by atoms with Gasteiger partial charge in [-0.05, 0) is 55.4 Å². The molecule has 1 amide bonds. The van der Waals surface area contributed by atoms with Crippen LogP contribution in [0.4, 0.5) is 0 Å². The van der Waals surface area contributed by atoms with Crippen molar-refractivity contribution in [2.45, 2.75) is 6.04 Å². The lowest BCUT2D eigenvalue weighted by molar-refractivity contribution is 0.0930. The number of pyridine rings is 1. The molecule has 5 heteroatoms. The van der Waals surface area contributed by atoms with Crippen molar-refractivity contribution in [1.29, 1.82) is 0 Å². The van der Waals surface area contributed by atoms with Crippen LogP contribution in [0.1, 0.15) is 22.0 Å². The summed E-state index contributed by atoms with van der Waals surface area (Å²) in [5.74, 6) is -0.106. The van der Waals surface area contributed by atoms with Crippen molar-refractivity contribution in [3.63, 3.8) is 0 Å². The molecule has 2 aromatic carbocycles. The van der Waals surface area contributed by atoms with E-state index in [-0.39, 0.29) is 11.9 Å². The summed E-state index contributed by atoms with van der Waals surface area (Å²) in [4.78, 5) is 18.9. The minimum absolute atomic E-state index is 0.106. The van der Waals surface area contributed by atoms with E-state index in [1.54, 1.807) is 12.4 Å². The van der Waals surface area contributed by atoms with Gasteiger partial charge in [-0.25, -0.2) is 0 Å². The van der Waals surface area contributed by atoms with E-state index in [0.29, 0.717) is 17.1 Å². The lowest BCUT2D eigenvalue weighted by Gasteiger charge is -2.23. The summed E-state index contributed by atoms with van der Waals surface area (Å²) >= 11 is 6.11. The van der Waals surface area contributed by atoms with Crippen molar-refractivity contribution in [2.75, 3.05) is 20.6 Å². The van der Waals surface area contributed by atoms with Gasteiger partial charge in [0.25, 0.3) is 5.91 Å². The fourth-order valence-corrected chi connectivity index (χ4v) is 2.99. The van der Waals surface area contributed by atoms with E-state index >= 15 is 0 Å². The van der Waals surface area contributed by atoms with Crippen molar-refractivity contribution >= 4 is 28.3 Å². The molecule has 0 bridgehead atoms. The molecule has 1 aromatic heterocycles. The van der Waals surface area contributed by atoms with Gasteiger partial charge in [0.15, 0.2) is 0 Å². The van der Waals surface area contributed by atoms with Crippen LogP contribution in [0.25, 0.3) is 10.8 Å².